The van der Waals surface area contributed by atoms with E-state index in [0.717, 1.165) is 0 Å². The lowest BCUT2D eigenvalue weighted by Gasteiger charge is -2.10. The maximum atomic E-state index is 12.7. The number of benzene rings is 1. The molecule has 1 N–H and O–H groups in total. The van der Waals surface area contributed by atoms with Crippen molar-refractivity contribution in [1.82, 2.24) is 15.0 Å². The Hall–Kier alpha value is -2.79. The van der Waals surface area contributed by atoms with E-state index in [2.05, 4.69) is 19.7 Å². The Morgan fingerprint density at radius 1 is 1.04 bits per heavy atom. The van der Waals surface area contributed by atoms with Gasteiger partial charge in [0.1, 0.15) is 0 Å². The summed E-state index contributed by atoms with van der Waals surface area (Å²) in [6, 6.07) is 4.37. The van der Waals surface area contributed by atoms with Crippen LogP contribution < -0.4 is 18.9 Å². The molecule has 0 saturated carbocycles. The molecule has 0 radical (unpaired) electrons. The van der Waals surface area contributed by atoms with E-state index in [1.54, 1.807) is 6.07 Å². The summed E-state index contributed by atoms with van der Waals surface area (Å²) in [6.07, 6.45) is 1.48. The maximum Gasteiger partial charge on any atom is 0.387 e. The third-order valence-corrected chi connectivity index (χ3v) is 4.97. The van der Waals surface area contributed by atoms with Crippen LogP contribution in [0.2, 0.25) is 0 Å². The van der Waals surface area contributed by atoms with Crippen LogP contribution in [0.4, 0.5) is 8.78 Å². The molecule has 1 unspecified atom stereocenters. The number of nitrogens with one attached hydrogen (secondary N) is 1. The number of aromatic amines is 1. The number of rotatable bonds is 8. The van der Waals surface area contributed by atoms with Gasteiger partial charge in [-0.15, -0.1) is 0 Å². The standard InChI is InChI=1S/C17H17F2N3O5S/c1-24-12-4-9(20-7-15(12)26-3)8-28(23)17-21-10-5-13(25-2)14(27-16(18)19)6-11(10)22-17/h4-7,16H,8H2,1-3H3,(H,21,22). The second-order valence-electron chi connectivity index (χ2n) is 5.46. The second kappa shape index (κ2) is 8.48. The van der Waals surface area contributed by atoms with Gasteiger partial charge < -0.3 is 23.5 Å². The van der Waals surface area contributed by atoms with E-state index in [4.69, 9.17) is 14.2 Å². The quantitative estimate of drug-likeness (QED) is 0.567. The summed E-state index contributed by atoms with van der Waals surface area (Å²) >= 11 is -1.57. The van der Waals surface area contributed by atoms with Crippen molar-refractivity contribution >= 4 is 22.2 Å². The molecule has 0 fully saturated rings. The second-order valence-corrected chi connectivity index (χ2v) is 6.83. The molecule has 28 heavy (non-hydrogen) atoms. The highest BCUT2D eigenvalue weighted by Gasteiger charge is 2.21. The van der Waals surface area contributed by atoms with Crippen molar-refractivity contribution in [2.24, 2.45) is 0 Å². The Morgan fingerprint density at radius 3 is 2.36 bits per heavy atom. The number of pyridine rings is 1. The van der Waals surface area contributed by atoms with E-state index in [-0.39, 0.29) is 22.4 Å². The summed E-state index contributed by atoms with van der Waals surface area (Å²) in [4.78, 5) is 11.3. The zero-order valence-corrected chi connectivity index (χ0v) is 16.0. The van der Waals surface area contributed by atoms with Crippen LogP contribution in [0, 0.1) is 0 Å². The fourth-order valence-electron chi connectivity index (χ4n) is 2.51. The number of alkyl halides is 2. The van der Waals surface area contributed by atoms with Gasteiger partial charge in [-0.25, -0.2) is 0 Å². The molecule has 0 aliphatic heterocycles. The molecule has 2 heterocycles. The van der Waals surface area contributed by atoms with Crippen molar-refractivity contribution in [3.05, 3.63) is 30.1 Å². The highest BCUT2D eigenvalue weighted by molar-refractivity contribution is 7.90. The number of aromatic nitrogens is 3. The average Bonchev–Trinajstić information content (AvgIpc) is 3.09. The van der Waals surface area contributed by atoms with Crippen LogP contribution in [0.25, 0.3) is 11.0 Å². The van der Waals surface area contributed by atoms with Gasteiger partial charge in [0.2, 0.25) is 0 Å². The number of fused-ring (bicyclic) bond motifs is 1. The number of nitrogens with zero attached hydrogens (tertiary/aromatic N) is 2. The Bertz CT molecular complexity index is 969. The Balaban J connectivity index is 1.86. The van der Waals surface area contributed by atoms with Crippen LogP contribution >= 0.6 is 0 Å². The summed E-state index contributed by atoms with van der Waals surface area (Å²) < 4.78 is 57.6. The van der Waals surface area contributed by atoms with Crippen molar-refractivity contribution in [2.75, 3.05) is 21.3 Å². The summed E-state index contributed by atoms with van der Waals surface area (Å²) in [7, 11) is 4.31. The van der Waals surface area contributed by atoms with Crippen LogP contribution in [0.3, 0.4) is 0 Å². The van der Waals surface area contributed by atoms with Gasteiger partial charge in [0, 0.05) is 29.4 Å². The van der Waals surface area contributed by atoms with Crippen LogP contribution in [0.15, 0.2) is 29.6 Å². The van der Waals surface area contributed by atoms with Crippen molar-refractivity contribution in [3.63, 3.8) is 0 Å². The number of imidazole rings is 1. The fourth-order valence-corrected chi connectivity index (χ4v) is 3.50. The number of halogens is 2. The summed E-state index contributed by atoms with van der Waals surface area (Å²) in [6.45, 7) is -3.00. The first-order chi connectivity index (χ1) is 13.4. The monoisotopic (exact) mass is 413 g/mol. The zero-order valence-electron chi connectivity index (χ0n) is 15.2. The topological polar surface area (TPSA) is 102 Å². The number of hydrogen-bond acceptors (Lipinski definition) is 7. The van der Waals surface area contributed by atoms with Crippen molar-refractivity contribution in [3.8, 4) is 23.0 Å². The van der Waals surface area contributed by atoms with Gasteiger partial charge in [-0.1, -0.05) is 0 Å². The Labute approximate surface area is 162 Å². The minimum absolute atomic E-state index is 0.0672. The maximum absolute atomic E-state index is 12.7. The van der Waals surface area contributed by atoms with Crippen LogP contribution in [-0.4, -0.2) is 47.4 Å². The third kappa shape index (κ3) is 4.20. The van der Waals surface area contributed by atoms with Crippen LogP contribution in [-0.2, 0) is 16.9 Å². The first-order valence-corrected chi connectivity index (χ1v) is 9.25. The molecule has 3 rings (SSSR count). The summed E-state index contributed by atoms with van der Waals surface area (Å²) in [5.41, 5.74) is 1.30. The van der Waals surface area contributed by atoms with Gasteiger partial charge in [-0.2, -0.15) is 13.8 Å². The highest BCUT2D eigenvalue weighted by Crippen LogP contribution is 2.33. The van der Waals surface area contributed by atoms with Gasteiger partial charge in [0.05, 0.1) is 44.3 Å². The average molecular weight is 413 g/mol. The molecule has 0 aliphatic carbocycles. The number of methoxy groups -OCH3 is 3. The molecule has 0 bridgehead atoms. The molecule has 3 aromatic rings. The van der Waals surface area contributed by atoms with Gasteiger partial charge in [0.15, 0.2) is 28.8 Å². The van der Waals surface area contributed by atoms with Crippen molar-refractivity contribution in [2.45, 2.75) is 17.5 Å². The van der Waals surface area contributed by atoms with Gasteiger partial charge in [-0.3, -0.25) is 9.97 Å². The SMILES string of the molecule is COc1cnc(C[S+]([O-])c2nc3cc(OC(F)F)c(OC)cc3[nH]2)cc1OC. The molecule has 0 spiro atoms. The third-order valence-electron chi connectivity index (χ3n) is 3.78. The van der Waals surface area contributed by atoms with Crippen molar-refractivity contribution < 1.29 is 32.3 Å². The fraction of sp³-hybridized carbons (Fsp3) is 0.294. The number of ether oxygens (including phenoxy) is 4. The minimum atomic E-state index is -3.00. The van der Waals surface area contributed by atoms with E-state index in [1.807, 2.05) is 0 Å². The smallest absolute Gasteiger partial charge is 0.387 e. The molecule has 1 atom stereocenters. The molecule has 11 heteroatoms. The summed E-state index contributed by atoms with van der Waals surface area (Å²) in [5, 5.41) is 0.169. The first-order valence-electron chi connectivity index (χ1n) is 7.93. The Kier molecular flexibility index (Phi) is 6.05. The van der Waals surface area contributed by atoms with E-state index >= 15 is 0 Å². The zero-order chi connectivity index (χ0) is 20.3. The number of hydrogen-bond donors (Lipinski definition) is 1. The molecule has 1 aromatic carbocycles. The van der Waals surface area contributed by atoms with Crippen molar-refractivity contribution in [1.29, 1.82) is 0 Å². The van der Waals surface area contributed by atoms with E-state index in [1.165, 1.54) is 39.7 Å². The lowest BCUT2D eigenvalue weighted by atomic mass is 10.3. The first kappa shape index (κ1) is 20.0. The molecule has 0 aliphatic rings. The van der Waals surface area contributed by atoms with E-state index in [9.17, 15) is 13.3 Å². The molecule has 2 aromatic heterocycles. The minimum Gasteiger partial charge on any atom is -0.609 e. The molecule has 150 valence electrons. The normalized spacial score (nSPS) is 12.2. The molecule has 0 saturated heterocycles. The molecular weight excluding hydrogens is 396 g/mol. The highest BCUT2D eigenvalue weighted by atomic mass is 32.2. The van der Waals surface area contributed by atoms with Crippen LogP contribution in [0.5, 0.6) is 23.0 Å². The van der Waals surface area contributed by atoms with Gasteiger partial charge in [0.25, 0.3) is 0 Å². The van der Waals surface area contributed by atoms with E-state index in [0.29, 0.717) is 28.2 Å². The largest absolute Gasteiger partial charge is 0.609 e. The van der Waals surface area contributed by atoms with E-state index < -0.39 is 17.8 Å². The molecular formula is C17H17F2N3O5S. The van der Waals surface area contributed by atoms with Gasteiger partial charge >= 0.3 is 11.8 Å². The molecule has 0 amide bonds. The van der Waals surface area contributed by atoms with Crippen LogP contribution in [0.1, 0.15) is 5.69 Å². The predicted molar refractivity (Wildman–Crippen MR) is 96.7 cm³/mol. The Morgan fingerprint density at radius 2 is 1.71 bits per heavy atom. The lowest BCUT2D eigenvalue weighted by Crippen LogP contribution is -2.08. The summed E-state index contributed by atoms with van der Waals surface area (Å²) in [5.74, 6) is 0.940. The lowest BCUT2D eigenvalue weighted by molar-refractivity contribution is -0.0511. The number of H-pyrrole nitrogens is 1. The molecule has 8 nitrogen and oxygen atoms in total. The predicted octanol–water partition coefficient (Wildman–Crippen LogP) is 2.89. The van der Waals surface area contributed by atoms with Gasteiger partial charge in [-0.05, 0) is 0 Å².